The van der Waals surface area contributed by atoms with Gasteiger partial charge >= 0.3 is 5.69 Å². The Morgan fingerprint density at radius 3 is 2.86 bits per heavy atom. The first-order valence-corrected chi connectivity index (χ1v) is 7.37. The van der Waals surface area contributed by atoms with Crippen LogP contribution in [0.3, 0.4) is 0 Å². The fraction of sp³-hybridized carbons (Fsp3) is 0.0769. The Morgan fingerprint density at radius 2 is 2.19 bits per heavy atom. The maximum Gasteiger partial charge on any atom is 0.319 e. The van der Waals surface area contributed by atoms with Crippen LogP contribution in [0.2, 0.25) is 5.15 Å². The fourth-order valence-electron chi connectivity index (χ4n) is 1.68. The minimum absolute atomic E-state index is 0.130. The van der Waals surface area contributed by atoms with Crippen molar-refractivity contribution in [3.63, 3.8) is 0 Å². The Kier molecular flexibility index (Phi) is 4.77. The van der Waals surface area contributed by atoms with E-state index < -0.39 is 16.5 Å². The van der Waals surface area contributed by atoms with Crippen LogP contribution in [0.4, 0.5) is 11.4 Å². The predicted octanol–water partition coefficient (Wildman–Crippen LogP) is 3.62. The Morgan fingerprint density at radius 1 is 1.43 bits per heavy atom. The summed E-state index contributed by atoms with van der Waals surface area (Å²) in [5.74, 6) is -0.607. The number of aromatic nitrogens is 1. The number of nitro groups is 1. The van der Waals surface area contributed by atoms with Gasteiger partial charge in [-0.05, 0) is 30.5 Å². The van der Waals surface area contributed by atoms with Gasteiger partial charge in [0.1, 0.15) is 5.56 Å². The number of nitrogens with one attached hydrogen (secondary N) is 1. The van der Waals surface area contributed by atoms with E-state index in [9.17, 15) is 14.9 Å². The average Bonchev–Trinajstić information content (AvgIpc) is 2.46. The summed E-state index contributed by atoms with van der Waals surface area (Å²) in [5, 5.41) is 13.3. The molecule has 1 amide bonds. The van der Waals surface area contributed by atoms with E-state index in [1.807, 2.05) is 12.3 Å². The lowest BCUT2D eigenvalue weighted by molar-refractivity contribution is -0.385. The number of carbonyl (C=O) groups excluding carboxylic acids is 1. The summed E-state index contributed by atoms with van der Waals surface area (Å²) in [6, 6.07) is 8.42. The Hall–Kier alpha value is -2.12. The molecule has 0 aliphatic carbocycles. The molecule has 2 rings (SSSR count). The Balaban J connectivity index is 2.32. The zero-order chi connectivity index (χ0) is 15.4. The van der Waals surface area contributed by atoms with Gasteiger partial charge in [-0.3, -0.25) is 14.9 Å². The number of nitrogens with zero attached hydrogens (tertiary/aromatic N) is 2. The summed E-state index contributed by atoms with van der Waals surface area (Å²) in [4.78, 5) is 27.0. The highest BCUT2D eigenvalue weighted by atomic mass is 35.5. The van der Waals surface area contributed by atoms with E-state index in [1.54, 1.807) is 18.2 Å². The zero-order valence-corrected chi connectivity index (χ0v) is 12.4. The molecule has 0 spiro atoms. The first-order valence-electron chi connectivity index (χ1n) is 5.77. The summed E-state index contributed by atoms with van der Waals surface area (Å²) in [5.41, 5.74) is -0.0821. The van der Waals surface area contributed by atoms with Crippen LogP contribution in [-0.2, 0) is 0 Å². The summed E-state index contributed by atoms with van der Waals surface area (Å²) in [6.45, 7) is 0. The molecule has 0 unspecified atom stereocenters. The smallest absolute Gasteiger partial charge is 0.319 e. The third-order valence-corrected chi connectivity index (χ3v) is 3.64. The van der Waals surface area contributed by atoms with Gasteiger partial charge in [0.25, 0.3) is 5.91 Å². The van der Waals surface area contributed by atoms with Gasteiger partial charge in [0.05, 0.1) is 4.92 Å². The number of anilines is 1. The van der Waals surface area contributed by atoms with Crippen molar-refractivity contribution in [1.82, 2.24) is 4.98 Å². The number of hydrogen-bond donors (Lipinski definition) is 1. The number of rotatable bonds is 4. The predicted molar refractivity (Wildman–Crippen MR) is 82.1 cm³/mol. The minimum Gasteiger partial charge on any atom is -0.322 e. The molecule has 0 fully saturated rings. The van der Waals surface area contributed by atoms with Gasteiger partial charge < -0.3 is 5.32 Å². The van der Waals surface area contributed by atoms with Crippen LogP contribution in [0.25, 0.3) is 0 Å². The van der Waals surface area contributed by atoms with Gasteiger partial charge in [-0.15, -0.1) is 11.8 Å². The van der Waals surface area contributed by atoms with Crippen LogP contribution in [0, 0.1) is 10.1 Å². The van der Waals surface area contributed by atoms with Gasteiger partial charge in [0, 0.05) is 16.8 Å². The van der Waals surface area contributed by atoms with E-state index in [0.717, 1.165) is 4.90 Å². The molecule has 0 radical (unpaired) electrons. The van der Waals surface area contributed by atoms with E-state index in [1.165, 1.54) is 24.0 Å². The number of pyridine rings is 1. The molecular formula is C13H10ClN3O3S. The van der Waals surface area contributed by atoms with Gasteiger partial charge in [-0.1, -0.05) is 17.7 Å². The third kappa shape index (κ3) is 3.50. The summed E-state index contributed by atoms with van der Waals surface area (Å²) >= 11 is 7.21. The molecule has 21 heavy (non-hydrogen) atoms. The summed E-state index contributed by atoms with van der Waals surface area (Å²) in [6.07, 6.45) is 3.16. The molecule has 2 aromatic rings. The molecule has 1 aromatic heterocycles. The molecule has 0 aliphatic heterocycles. The molecule has 1 heterocycles. The largest absolute Gasteiger partial charge is 0.322 e. The Bertz CT molecular complexity index is 709. The second-order valence-corrected chi connectivity index (χ2v) is 5.18. The number of thioether (sulfide) groups is 1. The standard InChI is InChI=1S/C13H10ClN3O3S/c1-21-9-4-2-3-8(7-9)16-13(18)10-5-6-15-12(14)11(10)17(19)20/h2-7H,1H3,(H,16,18). The van der Waals surface area contributed by atoms with Gasteiger partial charge in [0.2, 0.25) is 5.15 Å². The number of carbonyl (C=O) groups is 1. The molecule has 0 saturated carbocycles. The molecule has 0 atom stereocenters. The van der Waals surface area contributed by atoms with Gasteiger partial charge in [0.15, 0.2) is 0 Å². The summed E-state index contributed by atoms with van der Waals surface area (Å²) in [7, 11) is 0. The second kappa shape index (κ2) is 6.55. The van der Waals surface area contributed by atoms with E-state index in [-0.39, 0.29) is 10.7 Å². The number of benzene rings is 1. The maximum absolute atomic E-state index is 12.2. The minimum atomic E-state index is -0.720. The first kappa shape index (κ1) is 15.3. The van der Waals surface area contributed by atoms with Crippen LogP contribution in [0.1, 0.15) is 10.4 Å². The molecule has 6 nitrogen and oxygen atoms in total. The van der Waals surface area contributed by atoms with Crippen LogP contribution < -0.4 is 5.32 Å². The van der Waals surface area contributed by atoms with E-state index in [4.69, 9.17) is 11.6 Å². The first-order chi connectivity index (χ1) is 10.0. The lowest BCUT2D eigenvalue weighted by Gasteiger charge is -2.07. The third-order valence-electron chi connectivity index (χ3n) is 2.63. The topological polar surface area (TPSA) is 85.1 Å². The monoisotopic (exact) mass is 323 g/mol. The maximum atomic E-state index is 12.2. The molecule has 0 aliphatic rings. The second-order valence-electron chi connectivity index (χ2n) is 3.94. The van der Waals surface area contributed by atoms with Crippen molar-refractivity contribution in [1.29, 1.82) is 0 Å². The van der Waals surface area contributed by atoms with Crippen LogP contribution in [0.15, 0.2) is 41.4 Å². The SMILES string of the molecule is CSc1cccc(NC(=O)c2ccnc(Cl)c2[N+](=O)[O-])c1. The lowest BCUT2D eigenvalue weighted by Crippen LogP contribution is -2.14. The zero-order valence-electron chi connectivity index (χ0n) is 10.9. The quantitative estimate of drug-likeness (QED) is 0.402. The van der Waals surface area contributed by atoms with Crippen molar-refractivity contribution >= 4 is 40.6 Å². The van der Waals surface area contributed by atoms with E-state index in [2.05, 4.69) is 10.3 Å². The normalized spacial score (nSPS) is 10.2. The van der Waals surface area contributed by atoms with Crippen molar-refractivity contribution in [3.05, 3.63) is 57.4 Å². The van der Waals surface area contributed by atoms with Gasteiger partial charge in [-0.2, -0.15) is 0 Å². The number of halogens is 1. The lowest BCUT2D eigenvalue weighted by atomic mass is 10.2. The number of hydrogen-bond acceptors (Lipinski definition) is 5. The Labute approximate surface area is 129 Å². The number of amides is 1. The van der Waals surface area contributed by atoms with Crippen LogP contribution in [0.5, 0.6) is 0 Å². The molecule has 1 aromatic carbocycles. The van der Waals surface area contributed by atoms with Crippen LogP contribution >= 0.6 is 23.4 Å². The van der Waals surface area contributed by atoms with Crippen molar-refractivity contribution in [2.45, 2.75) is 4.90 Å². The molecule has 0 saturated heterocycles. The highest BCUT2D eigenvalue weighted by Gasteiger charge is 2.24. The van der Waals surface area contributed by atoms with Crippen molar-refractivity contribution < 1.29 is 9.72 Å². The molecule has 0 bridgehead atoms. The average molecular weight is 324 g/mol. The van der Waals surface area contributed by atoms with Crippen molar-refractivity contribution in [2.24, 2.45) is 0 Å². The highest BCUT2D eigenvalue weighted by Crippen LogP contribution is 2.27. The highest BCUT2D eigenvalue weighted by molar-refractivity contribution is 7.98. The molecule has 1 N–H and O–H groups in total. The van der Waals surface area contributed by atoms with E-state index >= 15 is 0 Å². The fourth-order valence-corrected chi connectivity index (χ4v) is 2.37. The van der Waals surface area contributed by atoms with E-state index in [0.29, 0.717) is 5.69 Å². The van der Waals surface area contributed by atoms with Gasteiger partial charge in [-0.25, -0.2) is 4.98 Å². The summed E-state index contributed by atoms with van der Waals surface area (Å²) < 4.78 is 0. The van der Waals surface area contributed by atoms with Crippen molar-refractivity contribution in [2.75, 3.05) is 11.6 Å². The van der Waals surface area contributed by atoms with Crippen molar-refractivity contribution in [3.8, 4) is 0 Å². The molecule has 108 valence electrons. The molecule has 8 heteroatoms. The van der Waals surface area contributed by atoms with Crippen LogP contribution in [-0.4, -0.2) is 22.1 Å². The molecular weight excluding hydrogens is 314 g/mol.